The first-order chi connectivity index (χ1) is 16.3. The normalized spacial score (nSPS) is 11.8. The number of hydrogen-bond donors (Lipinski definition) is 1. The maximum absolute atomic E-state index is 9.20. The minimum Gasteiger partial charge on any atom is -0.537 e. The largest absolute Gasteiger partial charge is 0.569 e. The Kier molecular flexibility index (Phi) is 4.04. The molecular formula is C28H17BNO2S. The molecule has 0 atom stereocenters. The van der Waals surface area contributed by atoms with Gasteiger partial charge in [0.25, 0.3) is 0 Å². The second-order valence-corrected chi connectivity index (χ2v) is 9.28. The van der Waals surface area contributed by atoms with E-state index in [4.69, 9.17) is 4.65 Å². The molecule has 0 bridgehead atoms. The Morgan fingerprint density at radius 1 is 0.667 bits per heavy atom. The zero-order valence-corrected chi connectivity index (χ0v) is 18.3. The van der Waals surface area contributed by atoms with Crippen LogP contribution in [0.25, 0.3) is 58.4 Å². The summed E-state index contributed by atoms with van der Waals surface area (Å²) in [7, 11) is 0.733. The molecule has 155 valence electrons. The third-order valence-electron chi connectivity index (χ3n) is 6.42. The molecule has 2 heterocycles. The Hall–Kier alpha value is -3.80. The standard InChI is InChI=1S/C28H17BNO2S/c31-29-32-19-11-13-24-23(15-19)28-21-16-22-20-8-4-5-9-26(20)33-27(22)14-17(21)10-12-25(28)30(24)18-6-2-1-3-7-18/h1-16,31H. The number of hydrogen-bond acceptors (Lipinski definition) is 3. The van der Waals surface area contributed by atoms with E-state index in [0.29, 0.717) is 5.75 Å². The first-order valence-electron chi connectivity index (χ1n) is 10.8. The Bertz CT molecular complexity index is 1840. The van der Waals surface area contributed by atoms with E-state index in [0.717, 1.165) is 29.8 Å². The predicted molar refractivity (Wildman–Crippen MR) is 140 cm³/mol. The van der Waals surface area contributed by atoms with Crippen molar-refractivity contribution < 1.29 is 9.68 Å². The number of aromatic nitrogens is 1. The second-order valence-electron chi connectivity index (χ2n) is 8.20. The molecule has 0 aliphatic carbocycles. The van der Waals surface area contributed by atoms with Crippen LogP contribution < -0.4 is 4.65 Å². The molecule has 0 aliphatic heterocycles. The van der Waals surface area contributed by atoms with Crippen molar-refractivity contribution in [3.8, 4) is 11.4 Å². The van der Waals surface area contributed by atoms with E-state index in [-0.39, 0.29) is 0 Å². The molecular weight excluding hydrogens is 425 g/mol. The van der Waals surface area contributed by atoms with Gasteiger partial charge in [0.1, 0.15) is 5.75 Å². The molecule has 0 fully saturated rings. The van der Waals surface area contributed by atoms with Crippen molar-refractivity contribution >= 4 is 71.8 Å². The lowest BCUT2D eigenvalue weighted by molar-refractivity contribution is 0.454. The van der Waals surface area contributed by atoms with Gasteiger partial charge in [-0.3, -0.25) is 0 Å². The minimum absolute atomic E-state index is 0.608. The lowest BCUT2D eigenvalue weighted by atomic mass is 10.0. The fourth-order valence-corrected chi connectivity index (χ4v) is 6.17. The number of para-hydroxylation sites is 1. The molecule has 33 heavy (non-hydrogen) atoms. The summed E-state index contributed by atoms with van der Waals surface area (Å²) in [5, 5.41) is 16.5. The SMILES string of the molecule is O[B]Oc1ccc2c(c1)c1c3cc4c(cc3ccc1n2-c1ccccc1)sc1ccccc14. The number of benzene rings is 5. The molecule has 2 aromatic heterocycles. The minimum atomic E-state index is 0.608. The third kappa shape index (κ3) is 2.73. The Labute approximate surface area is 194 Å². The van der Waals surface area contributed by atoms with Crippen LogP contribution in [-0.2, 0) is 0 Å². The Balaban J connectivity index is 1.68. The molecule has 1 N–H and O–H groups in total. The summed E-state index contributed by atoms with van der Waals surface area (Å²) in [6.45, 7) is 0. The van der Waals surface area contributed by atoms with Gasteiger partial charge in [0.15, 0.2) is 0 Å². The monoisotopic (exact) mass is 442 g/mol. The Morgan fingerprint density at radius 2 is 1.48 bits per heavy atom. The molecule has 0 saturated heterocycles. The van der Waals surface area contributed by atoms with E-state index in [2.05, 4.69) is 83.4 Å². The number of thiophene rings is 1. The van der Waals surface area contributed by atoms with Crippen LogP contribution in [0.3, 0.4) is 0 Å². The van der Waals surface area contributed by atoms with E-state index < -0.39 is 0 Å². The highest BCUT2D eigenvalue weighted by Gasteiger charge is 2.17. The molecule has 0 unspecified atom stereocenters. The van der Waals surface area contributed by atoms with Gasteiger partial charge in [-0.2, -0.15) is 0 Å². The summed E-state index contributed by atoms with van der Waals surface area (Å²) in [6, 6.07) is 34.1. The van der Waals surface area contributed by atoms with E-state index in [1.54, 1.807) is 0 Å². The average molecular weight is 442 g/mol. The van der Waals surface area contributed by atoms with Gasteiger partial charge in [0.05, 0.1) is 11.0 Å². The van der Waals surface area contributed by atoms with Gasteiger partial charge in [-0.05, 0) is 65.4 Å². The highest BCUT2D eigenvalue weighted by atomic mass is 32.1. The number of nitrogens with zero attached hydrogens (tertiary/aromatic N) is 1. The summed E-state index contributed by atoms with van der Waals surface area (Å²) >= 11 is 1.84. The smallest absolute Gasteiger partial charge is 0.537 e. The molecule has 0 amide bonds. The van der Waals surface area contributed by atoms with Crippen LogP contribution in [0.2, 0.25) is 0 Å². The van der Waals surface area contributed by atoms with Gasteiger partial charge in [-0.15, -0.1) is 11.3 Å². The summed E-state index contributed by atoms with van der Waals surface area (Å²) in [5.41, 5.74) is 3.36. The van der Waals surface area contributed by atoms with Gasteiger partial charge in [-0.25, -0.2) is 0 Å². The van der Waals surface area contributed by atoms with Crippen molar-refractivity contribution in [1.29, 1.82) is 0 Å². The van der Waals surface area contributed by atoms with Crippen LogP contribution in [0.4, 0.5) is 0 Å². The lowest BCUT2D eigenvalue weighted by Crippen LogP contribution is -1.99. The molecule has 5 aromatic carbocycles. The second kappa shape index (κ2) is 7.10. The molecule has 5 heteroatoms. The predicted octanol–water partition coefficient (Wildman–Crippen LogP) is 7.21. The van der Waals surface area contributed by atoms with Gasteiger partial charge >= 0.3 is 7.69 Å². The van der Waals surface area contributed by atoms with Gasteiger partial charge in [-0.1, -0.05) is 42.5 Å². The van der Waals surface area contributed by atoms with E-state index in [1.807, 2.05) is 29.5 Å². The van der Waals surface area contributed by atoms with E-state index in [1.165, 1.54) is 36.3 Å². The van der Waals surface area contributed by atoms with Gasteiger partial charge in [0.2, 0.25) is 0 Å². The van der Waals surface area contributed by atoms with Crippen molar-refractivity contribution in [2.24, 2.45) is 0 Å². The van der Waals surface area contributed by atoms with Crippen LogP contribution >= 0.6 is 11.3 Å². The molecule has 7 aromatic rings. The quantitative estimate of drug-likeness (QED) is 0.294. The Morgan fingerprint density at radius 3 is 2.36 bits per heavy atom. The number of rotatable bonds is 3. The van der Waals surface area contributed by atoms with Gasteiger partial charge in [0, 0.05) is 36.6 Å². The van der Waals surface area contributed by atoms with Crippen LogP contribution in [0, 0.1) is 0 Å². The highest BCUT2D eigenvalue weighted by Crippen LogP contribution is 2.42. The molecule has 0 aliphatic rings. The van der Waals surface area contributed by atoms with Crippen molar-refractivity contribution in [2.45, 2.75) is 0 Å². The first-order valence-corrected chi connectivity index (χ1v) is 11.6. The molecule has 0 saturated carbocycles. The van der Waals surface area contributed by atoms with E-state index >= 15 is 0 Å². The third-order valence-corrected chi connectivity index (χ3v) is 7.55. The summed E-state index contributed by atoms with van der Waals surface area (Å²) in [4.78, 5) is 0. The zero-order valence-electron chi connectivity index (χ0n) is 17.5. The number of fused-ring (bicyclic) bond motifs is 8. The maximum Gasteiger partial charge on any atom is 0.569 e. The summed E-state index contributed by atoms with van der Waals surface area (Å²) in [6.07, 6.45) is 0. The highest BCUT2D eigenvalue weighted by molar-refractivity contribution is 7.25. The van der Waals surface area contributed by atoms with Crippen LogP contribution in [-0.4, -0.2) is 17.3 Å². The summed E-state index contributed by atoms with van der Waals surface area (Å²) in [5.74, 6) is 0.608. The fraction of sp³-hybridized carbons (Fsp3) is 0. The van der Waals surface area contributed by atoms with Crippen LogP contribution in [0.5, 0.6) is 5.75 Å². The van der Waals surface area contributed by atoms with E-state index in [9.17, 15) is 5.02 Å². The lowest BCUT2D eigenvalue weighted by Gasteiger charge is -2.08. The average Bonchev–Trinajstić information content (AvgIpc) is 3.38. The molecule has 0 spiro atoms. The van der Waals surface area contributed by atoms with Crippen molar-refractivity contribution in [3.05, 3.63) is 97.1 Å². The fourth-order valence-electron chi connectivity index (χ4n) is 5.03. The van der Waals surface area contributed by atoms with Gasteiger partial charge < -0.3 is 14.2 Å². The van der Waals surface area contributed by atoms with Crippen LogP contribution in [0.15, 0.2) is 97.1 Å². The van der Waals surface area contributed by atoms with Crippen molar-refractivity contribution in [3.63, 3.8) is 0 Å². The molecule has 7 rings (SSSR count). The molecule has 3 nitrogen and oxygen atoms in total. The van der Waals surface area contributed by atoms with Crippen molar-refractivity contribution in [1.82, 2.24) is 4.57 Å². The maximum atomic E-state index is 9.20. The topological polar surface area (TPSA) is 34.4 Å². The molecule has 1 radical (unpaired) electrons. The van der Waals surface area contributed by atoms with Crippen molar-refractivity contribution in [2.75, 3.05) is 0 Å². The summed E-state index contributed by atoms with van der Waals surface area (Å²) < 4.78 is 10.2. The van der Waals surface area contributed by atoms with Crippen LogP contribution in [0.1, 0.15) is 0 Å². The zero-order chi connectivity index (χ0) is 21.9. The first kappa shape index (κ1) is 18.7.